The van der Waals surface area contributed by atoms with Gasteiger partial charge in [-0.3, -0.25) is 14.4 Å². The first-order chi connectivity index (χ1) is 14.7. The summed E-state index contributed by atoms with van der Waals surface area (Å²) >= 11 is 0. The third-order valence-corrected chi connectivity index (χ3v) is 4.16. The molecule has 1 heterocycles. The van der Waals surface area contributed by atoms with Gasteiger partial charge < -0.3 is 9.47 Å². The number of hydrazine groups is 1. The molecule has 0 saturated carbocycles. The van der Waals surface area contributed by atoms with Gasteiger partial charge in [-0.05, 0) is 47.6 Å². The number of hydrogen-bond acceptors (Lipinski definition) is 7. The lowest BCUT2D eigenvalue weighted by Crippen LogP contribution is -2.48. The normalized spacial score (nSPS) is 14.8. The molecule has 1 aliphatic heterocycles. The minimum atomic E-state index is -0.777. The summed E-state index contributed by atoms with van der Waals surface area (Å²) in [4.78, 5) is 55.1. The maximum absolute atomic E-state index is 12.7. The van der Waals surface area contributed by atoms with Crippen molar-refractivity contribution in [2.45, 2.75) is 58.8 Å². The average molecular weight is 450 g/mol. The second-order valence-electron chi connectivity index (χ2n) is 9.36. The van der Waals surface area contributed by atoms with Gasteiger partial charge in [0.2, 0.25) is 0 Å². The van der Waals surface area contributed by atoms with Crippen molar-refractivity contribution in [3.63, 3.8) is 0 Å². The Balaban J connectivity index is 2.18. The van der Waals surface area contributed by atoms with Gasteiger partial charge in [0.25, 0.3) is 5.91 Å². The van der Waals surface area contributed by atoms with Crippen LogP contribution in [0.15, 0.2) is 24.3 Å². The molecule has 0 radical (unpaired) electrons. The molecule has 32 heavy (non-hydrogen) atoms. The molecular formula is C22H31N3O7. The highest BCUT2D eigenvalue weighted by Crippen LogP contribution is 2.22. The van der Waals surface area contributed by atoms with Crippen molar-refractivity contribution in [2.24, 2.45) is 0 Å². The second-order valence-corrected chi connectivity index (χ2v) is 9.36. The van der Waals surface area contributed by atoms with E-state index in [2.05, 4.69) is 0 Å². The van der Waals surface area contributed by atoms with E-state index >= 15 is 0 Å². The van der Waals surface area contributed by atoms with E-state index in [1.54, 1.807) is 53.7 Å². The monoisotopic (exact) mass is 449 g/mol. The molecule has 10 nitrogen and oxygen atoms in total. The third kappa shape index (κ3) is 6.68. The van der Waals surface area contributed by atoms with E-state index in [0.717, 1.165) is 15.1 Å². The zero-order valence-electron chi connectivity index (χ0n) is 19.6. The van der Waals surface area contributed by atoms with E-state index in [1.807, 2.05) is 0 Å². The van der Waals surface area contributed by atoms with Gasteiger partial charge in [0.15, 0.2) is 6.29 Å². The van der Waals surface area contributed by atoms with Crippen molar-refractivity contribution >= 4 is 24.4 Å². The van der Waals surface area contributed by atoms with Crippen LogP contribution in [-0.4, -0.2) is 76.9 Å². The Morgan fingerprint density at radius 3 is 1.84 bits per heavy atom. The number of carbonyl (C=O) groups excluding carboxylic acids is 4. The molecule has 0 bridgehead atoms. The largest absolute Gasteiger partial charge is 0.442 e. The summed E-state index contributed by atoms with van der Waals surface area (Å²) in [6.45, 7) is 10.2. The fourth-order valence-corrected chi connectivity index (χ4v) is 2.92. The molecule has 1 aliphatic rings. The van der Waals surface area contributed by atoms with Gasteiger partial charge >= 0.3 is 12.2 Å². The SMILES string of the molecule is CN(OC1CN(C(=O)OC(C)(C)C)N(C(=O)OC(C)(C)C)C1)C(=O)c1ccccc1C=O. The van der Waals surface area contributed by atoms with Gasteiger partial charge in [-0.15, -0.1) is 0 Å². The van der Waals surface area contributed by atoms with E-state index in [1.165, 1.54) is 19.2 Å². The molecule has 10 heteroatoms. The van der Waals surface area contributed by atoms with Crippen LogP contribution >= 0.6 is 0 Å². The average Bonchev–Trinajstić information content (AvgIpc) is 3.09. The number of aldehydes is 1. The standard InChI is InChI=1S/C22H31N3O7/c1-21(2,3)30-19(28)24-12-16(13-25(24)20(29)31-22(4,5)6)32-23(7)18(27)17-11-9-8-10-15(17)14-26/h8-11,14,16H,12-13H2,1-7H3. The van der Waals surface area contributed by atoms with Crippen molar-refractivity contribution in [3.8, 4) is 0 Å². The van der Waals surface area contributed by atoms with E-state index in [-0.39, 0.29) is 24.2 Å². The second kappa shape index (κ2) is 9.56. The summed E-state index contributed by atoms with van der Waals surface area (Å²) < 4.78 is 10.8. The van der Waals surface area contributed by atoms with Gasteiger partial charge in [0.1, 0.15) is 17.3 Å². The molecule has 1 aromatic carbocycles. The van der Waals surface area contributed by atoms with E-state index < -0.39 is 35.4 Å². The predicted molar refractivity (Wildman–Crippen MR) is 115 cm³/mol. The predicted octanol–water partition coefficient (Wildman–Crippen LogP) is 3.27. The molecule has 1 fully saturated rings. The number of amides is 3. The molecule has 3 amide bonds. The van der Waals surface area contributed by atoms with E-state index in [4.69, 9.17) is 14.3 Å². The van der Waals surface area contributed by atoms with Crippen molar-refractivity contribution in [3.05, 3.63) is 35.4 Å². The van der Waals surface area contributed by atoms with Crippen LogP contribution in [0.2, 0.25) is 0 Å². The maximum Gasteiger partial charge on any atom is 0.429 e. The Hall–Kier alpha value is -3.14. The maximum atomic E-state index is 12.7. The van der Waals surface area contributed by atoms with Gasteiger partial charge in [-0.2, -0.15) is 0 Å². The van der Waals surface area contributed by atoms with Gasteiger partial charge in [-0.25, -0.2) is 24.7 Å². The number of nitrogens with zero attached hydrogens (tertiary/aromatic N) is 3. The highest BCUT2D eigenvalue weighted by molar-refractivity contribution is 6.00. The molecule has 1 saturated heterocycles. The van der Waals surface area contributed by atoms with Crippen molar-refractivity contribution < 1.29 is 33.5 Å². The Kier molecular flexibility index (Phi) is 7.50. The van der Waals surface area contributed by atoms with E-state index in [0.29, 0.717) is 6.29 Å². The summed E-state index contributed by atoms with van der Waals surface area (Å²) in [7, 11) is 1.40. The minimum Gasteiger partial charge on any atom is -0.442 e. The van der Waals surface area contributed by atoms with Gasteiger partial charge in [-0.1, -0.05) is 18.2 Å². The fourth-order valence-electron chi connectivity index (χ4n) is 2.92. The van der Waals surface area contributed by atoms with Gasteiger partial charge in [0.05, 0.1) is 18.7 Å². The fraction of sp³-hybridized carbons (Fsp3) is 0.545. The van der Waals surface area contributed by atoms with Gasteiger partial charge in [0, 0.05) is 12.6 Å². The molecular weight excluding hydrogens is 418 g/mol. The molecule has 0 aliphatic carbocycles. The smallest absolute Gasteiger partial charge is 0.429 e. The topological polar surface area (TPSA) is 106 Å². The lowest BCUT2D eigenvalue weighted by atomic mass is 10.1. The lowest BCUT2D eigenvalue weighted by Gasteiger charge is -2.31. The summed E-state index contributed by atoms with van der Waals surface area (Å²) in [6.07, 6.45) is -1.62. The van der Waals surface area contributed by atoms with Crippen molar-refractivity contribution in [2.75, 3.05) is 20.1 Å². The zero-order valence-corrected chi connectivity index (χ0v) is 19.6. The molecule has 0 unspecified atom stereocenters. The Labute approximate surface area is 187 Å². The number of ether oxygens (including phenoxy) is 2. The Morgan fingerprint density at radius 2 is 1.41 bits per heavy atom. The number of rotatable bonds is 4. The first kappa shape index (κ1) is 25.1. The summed E-state index contributed by atoms with van der Waals surface area (Å²) in [6, 6.07) is 6.33. The van der Waals surface area contributed by atoms with Crippen LogP contribution in [0, 0.1) is 0 Å². The number of carbonyl (C=O) groups is 4. The molecule has 1 aromatic rings. The highest BCUT2D eigenvalue weighted by atomic mass is 16.7. The van der Waals surface area contributed by atoms with Crippen LogP contribution in [-0.2, 0) is 14.3 Å². The molecule has 0 N–H and O–H groups in total. The Bertz CT molecular complexity index is 837. The first-order valence-corrected chi connectivity index (χ1v) is 10.2. The zero-order chi connectivity index (χ0) is 24.3. The van der Waals surface area contributed by atoms with Crippen LogP contribution in [0.4, 0.5) is 9.59 Å². The van der Waals surface area contributed by atoms with Crippen molar-refractivity contribution in [1.82, 2.24) is 15.1 Å². The van der Waals surface area contributed by atoms with Crippen molar-refractivity contribution in [1.29, 1.82) is 0 Å². The number of benzene rings is 1. The molecule has 2 rings (SSSR count). The van der Waals surface area contributed by atoms with Crippen LogP contribution in [0.1, 0.15) is 62.3 Å². The molecule has 0 atom stereocenters. The number of hydrogen-bond donors (Lipinski definition) is 0. The summed E-state index contributed by atoms with van der Waals surface area (Å²) in [5.74, 6) is -0.535. The van der Waals surface area contributed by atoms with E-state index in [9.17, 15) is 19.2 Å². The van der Waals surface area contributed by atoms with Crippen LogP contribution in [0.5, 0.6) is 0 Å². The first-order valence-electron chi connectivity index (χ1n) is 10.2. The highest BCUT2D eigenvalue weighted by Gasteiger charge is 2.42. The minimum absolute atomic E-state index is 0.0406. The third-order valence-electron chi connectivity index (χ3n) is 4.16. The summed E-state index contributed by atoms with van der Waals surface area (Å²) in [5.41, 5.74) is -1.15. The van der Waals surface area contributed by atoms with Crippen LogP contribution < -0.4 is 0 Å². The Morgan fingerprint density at radius 1 is 0.938 bits per heavy atom. The molecule has 0 spiro atoms. The molecule has 0 aromatic heterocycles. The lowest BCUT2D eigenvalue weighted by molar-refractivity contribution is -0.140. The molecule has 176 valence electrons. The number of hydroxylamine groups is 2. The van der Waals surface area contributed by atoms with Crippen LogP contribution in [0.25, 0.3) is 0 Å². The quantitative estimate of drug-likeness (QED) is 0.513. The summed E-state index contributed by atoms with van der Waals surface area (Å²) in [5, 5.41) is 3.18. The van der Waals surface area contributed by atoms with Crippen LogP contribution in [0.3, 0.4) is 0 Å².